The molecular weight excluding hydrogens is 286 g/mol. The molecule has 94 valence electrons. The minimum absolute atomic E-state index is 0.320. The number of ether oxygens (including phenoxy) is 2. The monoisotopic (exact) mass is 301 g/mol. The molecule has 0 aliphatic rings. The number of halogens is 1. The Kier molecular flexibility index (Phi) is 4.03. The lowest BCUT2D eigenvalue weighted by atomic mass is 10.1. The minimum atomic E-state index is -0.553. The highest BCUT2D eigenvalue weighted by Crippen LogP contribution is 2.30. The highest BCUT2D eigenvalue weighted by molar-refractivity contribution is 9.10. The van der Waals surface area contributed by atoms with Crippen LogP contribution in [0.1, 0.15) is 31.1 Å². The van der Waals surface area contributed by atoms with Gasteiger partial charge in [0.25, 0.3) is 0 Å². The van der Waals surface area contributed by atoms with Crippen LogP contribution in [0.25, 0.3) is 0 Å². The number of benzene rings is 1. The highest BCUT2D eigenvalue weighted by atomic mass is 79.9. The van der Waals surface area contributed by atoms with E-state index in [9.17, 15) is 4.79 Å². The summed E-state index contributed by atoms with van der Waals surface area (Å²) in [5.74, 6) is 0.131. The molecule has 17 heavy (non-hydrogen) atoms. The van der Waals surface area contributed by atoms with Crippen LogP contribution in [-0.4, -0.2) is 18.7 Å². The van der Waals surface area contributed by atoms with E-state index >= 15 is 0 Å². The molecule has 1 aromatic carbocycles. The Morgan fingerprint density at radius 1 is 1.35 bits per heavy atom. The summed E-state index contributed by atoms with van der Waals surface area (Å²) in [5, 5.41) is 0. The Bertz CT molecular complexity index is 415. The fraction of sp³-hybridized carbons (Fsp3) is 0.417. The van der Waals surface area contributed by atoms with E-state index in [-0.39, 0.29) is 0 Å². The highest BCUT2D eigenvalue weighted by Gasteiger charge is 2.22. The third-order valence-electron chi connectivity index (χ3n) is 1.93. The van der Waals surface area contributed by atoms with Crippen molar-refractivity contribution in [2.24, 2.45) is 0 Å². The van der Waals surface area contributed by atoms with Crippen LogP contribution in [0.2, 0.25) is 0 Å². The number of carbonyl (C=O) groups excluding carboxylic acids is 1. The van der Waals surface area contributed by atoms with Crippen LogP contribution in [0.15, 0.2) is 16.6 Å². The molecule has 5 heteroatoms. The first kappa shape index (κ1) is 13.8. The molecule has 0 heterocycles. The van der Waals surface area contributed by atoms with Crippen molar-refractivity contribution in [3.63, 3.8) is 0 Å². The van der Waals surface area contributed by atoms with Gasteiger partial charge in [0.1, 0.15) is 11.4 Å². The zero-order chi connectivity index (χ0) is 13.2. The molecule has 2 N–H and O–H groups in total. The van der Waals surface area contributed by atoms with Crippen molar-refractivity contribution < 1.29 is 14.3 Å². The van der Waals surface area contributed by atoms with Gasteiger partial charge < -0.3 is 15.2 Å². The average molecular weight is 302 g/mol. The summed E-state index contributed by atoms with van der Waals surface area (Å²) in [5.41, 5.74) is 5.90. The molecule has 0 radical (unpaired) electrons. The summed E-state index contributed by atoms with van der Waals surface area (Å²) >= 11 is 3.29. The van der Waals surface area contributed by atoms with E-state index in [0.29, 0.717) is 21.5 Å². The maximum absolute atomic E-state index is 11.9. The second-order valence-corrected chi connectivity index (χ2v) is 5.43. The Morgan fingerprint density at radius 3 is 2.35 bits per heavy atom. The van der Waals surface area contributed by atoms with Gasteiger partial charge in [-0.2, -0.15) is 0 Å². The fourth-order valence-corrected chi connectivity index (χ4v) is 1.88. The van der Waals surface area contributed by atoms with Crippen molar-refractivity contribution in [2.45, 2.75) is 26.4 Å². The molecule has 0 saturated heterocycles. The first-order chi connectivity index (χ1) is 7.74. The molecule has 4 nitrogen and oxygen atoms in total. The molecule has 0 aliphatic carbocycles. The summed E-state index contributed by atoms with van der Waals surface area (Å²) in [6.07, 6.45) is 0. The summed E-state index contributed by atoms with van der Waals surface area (Å²) in [7, 11) is 1.54. The number of hydrogen-bond acceptors (Lipinski definition) is 4. The number of rotatable bonds is 2. The third kappa shape index (κ3) is 3.63. The Balaban J connectivity index is 3.10. The molecule has 0 fully saturated rings. The standard InChI is InChI=1S/C12H16BrNO3/c1-12(2,3)17-11(15)10-8(13)5-7(16-4)6-9(10)14/h5-6H,14H2,1-4H3. The van der Waals surface area contributed by atoms with Gasteiger partial charge in [0, 0.05) is 10.5 Å². The lowest BCUT2D eigenvalue weighted by molar-refractivity contribution is 0.00698. The van der Waals surface area contributed by atoms with Crippen molar-refractivity contribution >= 4 is 27.6 Å². The maximum atomic E-state index is 11.9. The van der Waals surface area contributed by atoms with Crippen LogP contribution in [-0.2, 0) is 4.74 Å². The van der Waals surface area contributed by atoms with Crippen molar-refractivity contribution in [3.8, 4) is 5.75 Å². The predicted octanol–water partition coefficient (Wildman–Crippen LogP) is 3.00. The Labute approximate surface area is 109 Å². The van der Waals surface area contributed by atoms with Crippen LogP contribution in [0.4, 0.5) is 5.69 Å². The number of carbonyl (C=O) groups is 1. The summed E-state index contributed by atoms with van der Waals surface area (Å²) in [6.45, 7) is 5.41. The molecule has 0 aromatic heterocycles. The zero-order valence-electron chi connectivity index (χ0n) is 10.3. The molecule has 1 aromatic rings. The number of nitrogen functional groups attached to an aromatic ring is 1. The smallest absolute Gasteiger partial charge is 0.341 e. The maximum Gasteiger partial charge on any atom is 0.341 e. The topological polar surface area (TPSA) is 61.5 Å². The van der Waals surface area contributed by atoms with Gasteiger partial charge in [-0.3, -0.25) is 0 Å². The van der Waals surface area contributed by atoms with Crippen LogP contribution in [0, 0.1) is 0 Å². The SMILES string of the molecule is COc1cc(N)c(C(=O)OC(C)(C)C)c(Br)c1. The molecular formula is C12H16BrNO3. The lowest BCUT2D eigenvalue weighted by Crippen LogP contribution is -2.24. The van der Waals surface area contributed by atoms with Crippen LogP contribution in [0.5, 0.6) is 5.75 Å². The lowest BCUT2D eigenvalue weighted by Gasteiger charge is -2.20. The quantitative estimate of drug-likeness (QED) is 0.674. The van der Waals surface area contributed by atoms with E-state index in [4.69, 9.17) is 15.2 Å². The molecule has 0 saturated carbocycles. The largest absolute Gasteiger partial charge is 0.497 e. The second kappa shape index (κ2) is 4.96. The first-order valence-corrected chi connectivity index (χ1v) is 5.90. The van der Waals surface area contributed by atoms with Crippen molar-refractivity contribution in [1.29, 1.82) is 0 Å². The number of methoxy groups -OCH3 is 1. The number of hydrogen-bond donors (Lipinski definition) is 1. The van der Waals surface area contributed by atoms with Crippen LogP contribution < -0.4 is 10.5 Å². The van der Waals surface area contributed by atoms with Gasteiger partial charge >= 0.3 is 5.97 Å². The number of nitrogens with two attached hydrogens (primary N) is 1. The van der Waals surface area contributed by atoms with E-state index in [0.717, 1.165) is 0 Å². The number of anilines is 1. The van der Waals surface area contributed by atoms with Gasteiger partial charge in [-0.15, -0.1) is 0 Å². The van der Waals surface area contributed by atoms with Crippen LogP contribution >= 0.6 is 15.9 Å². The third-order valence-corrected chi connectivity index (χ3v) is 2.56. The van der Waals surface area contributed by atoms with E-state index < -0.39 is 11.6 Å². The van der Waals surface area contributed by atoms with Gasteiger partial charge in [-0.05, 0) is 42.8 Å². The molecule has 0 atom stereocenters. The normalized spacial score (nSPS) is 11.1. The summed E-state index contributed by atoms with van der Waals surface area (Å²) in [6, 6.07) is 3.26. The summed E-state index contributed by atoms with van der Waals surface area (Å²) < 4.78 is 10.9. The Morgan fingerprint density at radius 2 is 1.94 bits per heavy atom. The van der Waals surface area contributed by atoms with Crippen LogP contribution in [0.3, 0.4) is 0 Å². The van der Waals surface area contributed by atoms with Gasteiger partial charge in [0.05, 0.1) is 18.4 Å². The van der Waals surface area contributed by atoms with Crippen molar-refractivity contribution in [3.05, 3.63) is 22.2 Å². The molecule has 0 unspecified atom stereocenters. The Hall–Kier alpha value is -1.23. The van der Waals surface area contributed by atoms with Gasteiger partial charge in [-0.25, -0.2) is 4.79 Å². The molecule has 0 aliphatic heterocycles. The van der Waals surface area contributed by atoms with E-state index in [1.54, 1.807) is 32.9 Å². The molecule has 0 bridgehead atoms. The molecule has 1 rings (SSSR count). The second-order valence-electron chi connectivity index (χ2n) is 4.58. The number of esters is 1. The molecule has 0 amide bonds. The predicted molar refractivity (Wildman–Crippen MR) is 70.3 cm³/mol. The van der Waals surface area contributed by atoms with E-state index in [1.165, 1.54) is 7.11 Å². The van der Waals surface area contributed by atoms with E-state index in [2.05, 4.69) is 15.9 Å². The van der Waals surface area contributed by atoms with E-state index in [1.807, 2.05) is 0 Å². The first-order valence-electron chi connectivity index (χ1n) is 5.11. The van der Waals surface area contributed by atoms with Gasteiger partial charge in [0.15, 0.2) is 0 Å². The van der Waals surface area contributed by atoms with Gasteiger partial charge in [0.2, 0.25) is 0 Å². The minimum Gasteiger partial charge on any atom is -0.497 e. The molecule has 0 spiro atoms. The van der Waals surface area contributed by atoms with Crippen molar-refractivity contribution in [2.75, 3.05) is 12.8 Å². The van der Waals surface area contributed by atoms with Gasteiger partial charge in [-0.1, -0.05) is 0 Å². The van der Waals surface area contributed by atoms with Crippen molar-refractivity contribution in [1.82, 2.24) is 0 Å². The summed E-state index contributed by atoms with van der Waals surface area (Å²) in [4.78, 5) is 11.9. The average Bonchev–Trinajstić information content (AvgIpc) is 2.13. The zero-order valence-corrected chi connectivity index (χ0v) is 11.9. The fourth-order valence-electron chi connectivity index (χ4n) is 1.26.